The quantitative estimate of drug-likeness (QED) is 0.562. The van der Waals surface area contributed by atoms with Crippen molar-refractivity contribution in [3.63, 3.8) is 0 Å². The summed E-state index contributed by atoms with van der Waals surface area (Å²) in [5.74, 6) is 0. The molecule has 0 saturated heterocycles. The van der Waals surface area contributed by atoms with Crippen LogP contribution in [0.3, 0.4) is 0 Å². The summed E-state index contributed by atoms with van der Waals surface area (Å²) in [7, 11) is 0.290. The van der Waals surface area contributed by atoms with Crippen LogP contribution in [-0.2, 0) is 4.46 Å². The average molecular weight is 147 g/mol. The standard InChI is InChI=1S/C5H13NO2Si/c1-6(9(2)8)4-3-5-7/h7H,3-5H2,1-2H3. The molecule has 0 aliphatic heterocycles. The first-order valence-corrected chi connectivity index (χ1v) is 4.86. The van der Waals surface area contributed by atoms with Gasteiger partial charge < -0.3 is 14.1 Å². The smallest absolute Gasteiger partial charge is 0.391 e. The van der Waals surface area contributed by atoms with Crippen LogP contribution in [0.1, 0.15) is 6.42 Å². The minimum Gasteiger partial charge on any atom is -0.396 e. The number of aliphatic hydroxyl groups excluding tert-OH is 1. The van der Waals surface area contributed by atoms with Gasteiger partial charge in [-0.15, -0.1) is 0 Å². The molecule has 4 heteroatoms. The van der Waals surface area contributed by atoms with E-state index in [1.165, 1.54) is 0 Å². The van der Waals surface area contributed by atoms with E-state index in [1.807, 2.05) is 0 Å². The van der Waals surface area contributed by atoms with Gasteiger partial charge >= 0.3 is 8.84 Å². The molecule has 0 aliphatic rings. The van der Waals surface area contributed by atoms with E-state index >= 15 is 0 Å². The zero-order valence-corrected chi connectivity index (χ0v) is 6.92. The van der Waals surface area contributed by atoms with E-state index in [2.05, 4.69) is 0 Å². The zero-order chi connectivity index (χ0) is 7.28. The first-order valence-electron chi connectivity index (χ1n) is 3.01. The maximum absolute atomic E-state index is 10.7. The summed E-state index contributed by atoms with van der Waals surface area (Å²) in [6.07, 6.45) is 0.709. The van der Waals surface area contributed by atoms with Gasteiger partial charge in [-0.2, -0.15) is 0 Å². The van der Waals surface area contributed by atoms with Gasteiger partial charge in [0.15, 0.2) is 0 Å². The molecule has 0 fully saturated rings. The van der Waals surface area contributed by atoms with Gasteiger partial charge in [0.25, 0.3) is 0 Å². The number of hydrogen-bond donors (Lipinski definition) is 1. The molecule has 0 amide bonds. The summed E-state index contributed by atoms with van der Waals surface area (Å²) in [6, 6.07) is 0. The van der Waals surface area contributed by atoms with Crippen molar-refractivity contribution in [1.29, 1.82) is 0 Å². The van der Waals surface area contributed by atoms with Crippen LogP contribution in [0.25, 0.3) is 0 Å². The SMILES string of the molecule is CN(CCCO)[Si](C)=O. The fourth-order valence-electron chi connectivity index (χ4n) is 0.465. The van der Waals surface area contributed by atoms with Crippen molar-refractivity contribution in [2.75, 3.05) is 20.2 Å². The van der Waals surface area contributed by atoms with Crippen molar-refractivity contribution in [2.24, 2.45) is 0 Å². The van der Waals surface area contributed by atoms with E-state index in [-0.39, 0.29) is 6.61 Å². The number of hydrogen-bond acceptors (Lipinski definition) is 2. The molecule has 0 aliphatic carbocycles. The second kappa shape index (κ2) is 4.64. The highest BCUT2D eigenvalue weighted by Gasteiger charge is 2.01. The highest BCUT2D eigenvalue weighted by Crippen LogP contribution is 1.84. The lowest BCUT2D eigenvalue weighted by Crippen LogP contribution is -2.27. The molecular formula is C5H13NO2Si. The maximum Gasteiger partial charge on any atom is 0.391 e. The summed E-state index contributed by atoms with van der Waals surface area (Å²) in [4.78, 5) is 0. The van der Waals surface area contributed by atoms with Crippen molar-refractivity contribution in [3.05, 3.63) is 0 Å². The average Bonchev–Trinajstić information content (AvgIpc) is 1.82. The molecule has 0 heterocycles. The van der Waals surface area contributed by atoms with Gasteiger partial charge in [-0.1, -0.05) is 0 Å². The Hall–Kier alpha value is -0.223. The van der Waals surface area contributed by atoms with Crippen LogP contribution < -0.4 is 0 Å². The fourth-order valence-corrected chi connectivity index (χ4v) is 0.938. The molecule has 1 N–H and O–H groups in total. The monoisotopic (exact) mass is 147 g/mol. The highest BCUT2D eigenvalue weighted by molar-refractivity contribution is 6.37. The Labute approximate surface area is 57.0 Å². The van der Waals surface area contributed by atoms with Crippen LogP contribution in [0, 0.1) is 0 Å². The molecule has 0 saturated carbocycles. The van der Waals surface area contributed by atoms with E-state index in [4.69, 9.17) is 5.11 Å². The zero-order valence-electron chi connectivity index (χ0n) is 5.92. The van der Waals surface area contributed by atoms with Crippen molar-refractivity contribution < 1.29 is 9.57 Å². The molecule has 3 nitrogen and oxygen atoms in total. The third-order valence-electron chi connectivity index (χ3n) is 1.19. The van der Waals surface area contributed by atoms with Crippen LogP contribution >= 0.6 is 0 Å². The topological polar surface area (TPSA) is 40.5 Å². The Morgan fingerprint density at radius 1 is 1.67 bits per heavy atom. The molecule has 0 unspecified atom stereocenters. The number of nitrogens with zero attached hydrogens (tertiary/aromatic N) is 1. The molecule has 54 valence electrons. The van der Waals surface area contributed by atoms with E-state index in [1.54, 1.807) is 18.2 Å². The fraction of sp³-hybridized carbons (Fsp3) is 1.00. The number of aliphatic hydroxyl groups is 1. The van der Waals surface area contributed by atoms with Crippen molar-refractivity contribution in [2.45, 2.75) is 13.0 Å². The summed E-state index contributed by atoms with van der Waals surface area (Å²) in [5, 5.41) is 8.38. The molecule has 0 aromatic heterocycles. The second-order valence-electron chi connectivity index (χ2n) is 2.02. The molecule has 0 bridgehead atoms. The maximum atomic E-state index is 10.7. The van der Waals surface area contributed by atoms with E-state index in [0.717, 1.165) is 6.54 Å². The van der Waals surface area contributed by atoms with Crippen LogP contribution in [0.15, 0.2) is 0 Å². The molecule has 9 heavy (non-hydrogen) atoms. The molecule has 0 rings (SSSR count). The minimum absolute atomic E-state index is 0.180. The summed E-state index contributed by atoms with van der Waals surface area (Å²) in [6.45, 7) is 2.60. The van der Waals surface area contributed by atoms with Crippen LogP contribution in [-0.4, -0.2) is 38.7 Å². The van der Waals surface area contributed by atoms with Gasteiger partial charge in [0, 0.05) is 13.2 Å². The van der Waals surface area contributed by atoms with E-state index in [9.17, 15) is 4.46 Å². The van der Waals surface area contributed by atoms with Gasteiger partial charge in [0.05, 0.1) is 0 Å². The summed E-state index contributed by atoms with van der Waals surface area (Å²) >= 11 is 0. The van der Waals surface area contributed by atoms with Crippen molar-refractivity contribution in [3.8, 4) is 0 Å². The molecular weight excluding hydrogens is 134 g/mol. The lowest BCUT2D eigenvalue weighted by Gasteiger charge is -2.11. The molecule has 0 radical (unpaired) electrons. The Morgan fingerprint density at radius 2 is 2.22 bits per heavy atom. The van der Waals surface area contributed by atoms with Gasteiger partial charge in [0.1, 0.15) is 0 Å². The third kappa shape index (κ3) is 4.29. The van der Waals surface area contributed by atoms with Crippen molar-refractivity contribution >= 4 is 8.84 Å². The normalized spacial score (nSPS) is 9.22. The molecule has 0 atom stereocenters. The van der Waals surface area contributed by atoms with Gasteiger partial charge in [-0.3, -0.25) is 0 Å². The van der Waals surface area contributed by atoms with Crippen LogP contribution in [0.2, 0.25) is 6.55 Å². The largest absolute Gasteiger partial charge is 0.396 e. The Kier molecular flexibility index (Phi) is 4.52. The first-order chi connectivity index (χ1) is 4.18. The van der Waals surface area contributed by atoms with Crippen LogP contribution in [0.5, 0.6) is 0 Å². The second-order valence-corrected chi connectivity index (χ2v) is 3.82. The number of rotatable bonds is 4. The Balaban J connectivity index is 3.27. The molecule has 0 aromatic carbocycles. The van der Waals surface area contributed by atoms with E-state index in [0.29, 0.717) is 6.42 Å². The minimum atomic E-state index is -1.51. The van der Waals surface area contributed by atoms with Crippen molar-refractivity contribution in [1.82, 2.24) is 4.57 Å². The summed E-state index contributed by atoms with van der Waals surface area (Å²) < 4.78 is 12.4. The lowest BCUT2D eigenvalue weighted by molar-refractivity contribution is 0.273. The predicted octanol–water partition coefficient (Wildman–Crippen LogP) is -0.151. The molecule has 0 spiro atoms. The summed E-state index contributed by atoms with van der Waals surface area (Å²) in [5.41, 5.74) is 0. The van der Waals surface area contributed by atoms with E-state index < -0.39 is 8.84 Å². The predicted molar refractivity (Wildman–Crippen MR) is 36.6 cm³/mol. The highest BCUT2D eigenvalue weighted by atomic mass is 28.3. The third-order valence-corrected chi connectivity index (χ3v) is 2.49. The molecule has 0 aromatic rings. The lowest BCUT2D eigenvalue weighted by atomic mass is 10.5. The van der Waals surface area contributed by atoms with Gasteiger partial charge in [0.2, 0.25) is 0 Å². The Bertz CT molecular complexity index is 97.0. The first kappa shape index (κ1) is 8.78. The Morgan fingerprint density at radius 3 is 2.56 bits per heavy atom. The van der Waals surface area contributed by atoms with Gasteiger partial charge in [-0.25, -0.2) is 0 Å². The van der Waals surface area contributed by atoms with Crippen LogP contribution in [0.4, 0.5) is 0 Å². The van der Waals surface area contributed by atoms with Gasteiger partial charge in [-0.05, 0) is 20.0 Å².